The predicted molar refractivity (Wildman–Crippen MR) is 74.6 cm³/mol. The molecule has 0 fully saturated rings. The Morgan fingerprint density at radius 1 is 1.35 bits per heavy atom. The number of carboxylic acid groups (broad SMARTS) is 1. The van der Waals surface area contributed by atoms with Crippen LogP contribution in [0, 0.1) is 6.92 Å². The molecule has 0 aliphatic carbocycles. The summed E-state index contributed by atoms with van der Waals surface area (Å²) >= 11 is 0. The summed E-state index contributed by atoms with van der Waals surface area (Å²) < 4.78 is 1.72. The van der Waals surface area contributed by atoms with Crippen LogP contribution in [0.15, 0.2) is 24.3 Å². The fraction of sp³-hybridized carbons (Fsp3) is 0.214. The van der Waals surface area contributed by atoms with Gasteiger partial charge in [0.15, 0.2) is 5.69 Å². The molecule has 0 radical (unpaired) electrons. The highest BCUT2D eigenvalue weighted by Crippen LogP contribution is 2.24. The van der Waals surface area contributed by atoms with Crippen LogP contribution in [-0.4, -0.2) is 26.5 Å². The molecule has 6 heteroatoms. The van der Waals surface area contributed by atoms with Crippen molar-refractivity contribution < 1.29 is 14.7 Å². The van der Waals surface area contributed by atoms with Gasteiger partial charge >= 0.3 is 5.97 Å². The van der Waals surface area contributed by atoms with E-state index in [0.717, 1.165) is 5.56 Å². The number of hydrogen-bond acceptors (Lipinski definition) is 3. The lowest BCUT2D eigenvalue weighted by Crippen LogP contribution is -2.05. The summed E-state index contributed by atoms with van der Waals surface area (Å²) in [6.45, 7) is 3.14. The van der Waals surface area contributed by atoms with E-state index in [9.17, 15) is 9.59 Å². The van der Waals surface area contributed by atoms with Crippen LogP contribution in [-0.2, 0) is 11.8 Å². The van der Waals surface area contributed by atoms with Crippen molar-refractivity contribution in [1.29, 1.82) is 0 Å². The highest BCUT2D eigenvalue weighted by Gasteiger charge is 2.17. The molecule has 1 aromatic heterocycles. The number of carbonyl (C=O) groups excluding carboxylic acids is 1. The molecule has 0 atom stereocenters. The minimum atomic E-state index is -1.05. The first-order valence-corrected chi connectivity index (χ1v) is 6.04. The van der Waals surface area contributed by atoms with Crippen molar-refractivity contribution in [3.05, 3.63) is 35.7 Å². The van der Waals surface area contributed by atoms with Crippen LogP contribution in [0.25, 0.3) is 11.4 Å². The van der Waals surface area contributed by atoms with Crippen LogP contribution < -0.4 is 5.32 Å². The van der Waals surface area contributed by atoms with Gasteiger partial charge in [-0.25, -0.2) is 9.78 Å². The monoisotopic (exact) mass is 273 g/mol. The number of rotatable bonds is 3. The van der Waals surface area contributed by atoms with Gasteiger partial charge in [0.25, 0.3) is 0 Å². The number of aromatic nitrogens is 2. The van der Waals surface area contributed by atoms with Crippen LogP contribution in [0.5, 0.6) is 0 Å². The van der Waals surface area contributed by atoms with Gasteiger partial charge in [-0.15, -0.1) is 0 Å². The van der Waals surface area contributed by atoms with Crippen molar-refractivity contribution in [3.8, 4) is 11.4 Å². The van der Waals surface area contributed by atoms with Crippen LogP contribution in [0.4, 0.5) is 5.69 Å². The van der Waals surface area contributed by atoms with Crippen molar-refractivity contribution in [1.82, 2.24) is 9.55 Å². The Morgan fingerprint density at radius 3 is 2.60 bits per heavy atom. The minimum absolute atomic E-state index is 0.0347. The van der Waals surface area contributed by atoms with Crippen LogP contribution in [0.1, 0.15) is 23.1 Å². The lowest BCUT2D eigenvalue weighted by Gasteiger charge is -2.06. The van der Waals surface area contributed by atoms with Gasteiger partial charge < -0.3 is 15.0 Å². The second-order valence-corrected chi connectivity index (χ2v) is 4.50. The number of hydrogen-bond donors (Lipinski definition) is 2. The maximum atomic E-state index is 11.1. The van der Waals surface area contributed by atoms with E-state index in [1.54, 1.807) is 36.7 Å². The van der Waals surface area contributed by atoms with Crippen molar-refractivity contribution in [2.45, 2.75) is 13.8 Å². The van der Waals surface area contributed by atoms with Gasteiger partial charge in [0, 0.05) is 30.9 Å². The molecule has 1 heterocycles. The Balaban J connectivity index is 2.49. The van der Waals surface area contributed by atoms with Crippen molar-refractivity contribution >= 4 is 17.6 Å². The summed E-state index contributed by atoms with van der Waals surface area (Å²) in [7, 11) is 1.76. The highest BCUT2D eigenvalue weighted by atomic mass is 16.4. The number of nitrogens with zero attached hydrogens (tertiary/aromatic N) is 2. The lowest BCUT2D eigenvalue weighted by molar-refractivity contribution is -0.114. The normalized spacial score (nSPS) is 10.3. The van der Waals surface area contributed by atoms with E-state index in [0.29, 0.717) is 17.2 Å². The quantitative estimate of drug-likeness (QED) is 0.896. The largest absolute Gasteiger partial charge is 0.476 e. The SMILES string of the molecule is CC(=O)Nc1cccc(-c2nc(C(=O)O)c(C)n2C)c1. The molecular formula is C14H15N3O3. The molecule has 0 saturated carbocycles. The van der Waals surface area contributed by atoms with E-state index in [1.165, 1.54) is 6.92 Å². The Bertz CT molecular complexity index is 689. The number of carbonyl (C=O) groups is 2. The summed E-state index contributed by atoms with van der Waals surface area (Å²) in [6, 6.07) is 7.12. The Labute approximate surface area is 116 Å². The van der Waals surface area contributed by atoms with Crippen LogP contribution in [0.3, 0.4) is 0 Å². The van der Waals surface area contributed by atoms with Gasteiger partial charge in [-0.3, -0.25) is 4.79 Å². The van der Waals surface area contributed by atoms with Gasteiger partial charge in [0.2, 0.25) is 5.91 Å². The first-order chi connectivity index (χ1) is 9.40. The molecule has 1 aromatic carbocycles. The summed E-state index contributed by atoms with van der Waals surface area (Å²) in [5.74, 6) is -0.668. The Hall–Kier alpha value is -2.63. The Kier molecular flexibility index (Phi) is 3.56. The molecule has 0 aliphatic rings. The van der Waals surface area contributed by atoms with Crippen molar-refractivity contribution in [2.24, 2.45) is 7.05 Å². The smallest absolute Gasteiger partial charge is 0.356 e. The second-order valence-electron chi connectivity index (χ2n) is 4.50. The Morgan fingerprint density at radius 2 is 2.05 bits per heavy atom. The highest BCUT2D eigenvalue weighted by molar-refractivity contribution is 5.90. The number of anilines is 1. The van der Waals surface area contributed by atoms with E-state index in [-0.39, 0.29) is 11.6 Å². The van der Waals surface area contributed by atoms with Crippen LogP contribution >= 0.6 is 0 Å². The molecule has 2 rings (SSSR count). The molecule has 6 nitrogen and oxygen atoms in total. The van der Waals surface area contributed by atoms with Gasteiger partial charge in [-0.1, -0.05) is 12.1 Å². The number of amides is 1. The molecule has 0 unspecified atom stereocenters. The third kappa shape index (κ3) is 2.54. The molecule has 0 aliphatic heterocycles. The number of carboxylic acids is 1. The van der Waals surface area contributed by atoms with E-state index in [2.05, 4.69) is 10.3 Å². The predicted octanol–water partition coefficient (Wildman–Crippen LogP) is 2.05. The number of nitrogens with one attached hydrogen (secondary N) is 1. The van der Waals surface area contributed by atoms with Gasteiger partial charge in [-0.2, -0.15) is 0 Å². The summed E-state index contributed by atoms with van der Waals surface area (Å²) in [5, 5.41) is 11.8. The van der Waals surface area contributed by atoms with Crippen molar-refractivity contribution in [2.75, 3.05) is 5.32 Å². The zero-order valence-corrected chi connectivity index (χ0v) is 11.5. The average Bonchev–Trinajstić information content (AvgIpc) is 2.66. The van der Waals surface area contributed by atoms with E-state index < -0.39 is 5.97 Å². The second kappa shape index (κ2) is 5.16. The standard InChI is InChI=1S/C14H15N3O3/c1-8-12(14(19)20)16-13(17(8)3)10-5-4-6-11(7-10)15-9(2)18/h4-7H,1-3H3,(H,15,18)(H,19,20). The van der Waals surface area contributed by atoms with Gasteiger partial charge in [0.1, 0.15) is 5.82 Å². The molecule has 0 saturated heterocycles. The summed E-state index contributed by atoms with van der Waals surface area (Å²) in [6.07, 6.45) is 0. The third-order valence-corrected chi connectivity index (χ3v) is 3.02. The first kappa shape index (κ1) is 13.8. The van der Waals surface area contributed by atoms with E-state index in [4.69, 9.17) is 5.11 Å². The molecule has 20 heavy (non-hydrogen) atoms. The molecular weight excluding hydrogens is 258 g/mol. The van der Waals surface area contributed by atoms with Crippen molar-refractivity contribution in [3.63, 3.8) is 0 Å². The topological polar surface area (TPSA) is 84.2 Å². The maximum absolute atomic E-state index is 11.1. The summed E-state index contributed by atoms with van der Waals surface area (Å²) in [5.41, 5.74) is 2.01. The number of benzene rings is 1. The summed E-state index contributed by atoms with van der Waals surface area (Å²) in [4.78, 5) is 26.3. The van der Waals surface area contributed by atoms with Gasteiger partial charge in [0.05, 0.1) is 0 Å². The fourth-order valence-corrected chi connectivity index (χ4v) is 1.98. The average molecular weight is 273 g/mol. The van der Waals surface area contributed by atoms with E-state index in [1.807, 2.05) is 6.07 Å². The molecule has 2 N–H and O–H groups in total. The van der Waals surface area contributed by atoms with Crippen LogP contribution in [0.2, 0.25) is 0 Å². The van der Waals surface area contributed by atoms with E-state index >= 15 is 0 Å². The zero-order valence-electron chi connectivity index (χ0n) is 11.5. The fourth-order valence-electron chi connectivity index (χ4n) is 1.98. The molecule has 0 bridgehead atoms. The molecule has 104 valence electrons. The van der Waals surface area contributed by atoms with Gasteiger partial charge in [-0.05, 0) is 19.1 Å². The number of imidazole rings is 1. The minimum Gasteiger partial charge on any atom is -0.476 e. The lowest BCUT2D eigenvalue weighted by atomic mass is 10.2. The maximum Gasteiger partial charge on any atom is 0.356 e. The molecule has 0 spiro atoms. The number of aromatic carboxylic acids is 1. The molecule has 1 amide bonds. The first-order valence-electron chi connectivity index (χ1n) is 6.04. The zero-order chi connectivity index (χ0) is 14.9. The molecule has 2 aromatic rings. The third-order valence-electron chi connectivity index (χ3n) is 3.02.